The van der Waals surface area contributed by atoms with Crippen LogP contribution in [0.5, 0.6) is 0 Å². The number of benzene rings is 2. The Balaban J connectivity index is 1.91. The molecule has 0 bridgehead atoms. The second-order valence-electron chi connectivity index (χ2n) is 5.30. The van der Waals surface area contributed by atoms with E-state index in [-0.39, 0.29) is 12.3 Å². The van der Waals surface area contributed by atoms with E-state index in [1.165, 1.54) is 16.7 Å². The Hall–Kier alpha value is -2.86. The van der Waals surface area contributed by atoms with Gasteiger partial charge in [-0.2, -0.15) is 0 Å². The Kier molecular flexibility index (Phi) is 5.30. The first-order valence-electron chi connectivity index (χ1n) is 7.74. The number of carbonyl (C=O) groups excluding carboxylic acids is 1. The molecule has 0 fully saturated rings. The normalized spacial score (nSPS) is 15.5. The molecule has 126 valence electrons. The van der Waals surface area contributed by atoms with Crippen LogP contribution in [0.2, 0.25) is 0 Å². The van der Waals surface area contributed by atoms with Gasteiger partial charge in [0.25, 0.3) is 5.91 Å². The maximum Gasteiger partial charge on any atom is 0.304 e. The minimum Gasteiger partial charge on any atom is -0.481 e. The number of anilines is 1. The fourth-order valence-corrected chi connectivity index (χ4v) is 3.27. The summed E-state index contributed by atoms with van der Waals surface area (Å²) in [5.74, 6) is -0.736. The molecule has 25 heavy (non-hydrogen) atoms. The second-order valence-corrected chi connectivity index (χ2v) is 6.37. The Morgan fingerprint density at radius 2 is 1.72 bits per heavy atom. The monoisotopic (exact) mass is 352 g/mol. The van der Waals surface area contributed by atoms with Crippen molar-refractivity contribution in [1.29, 1.82) is 0 Å². The zero-order chi connectivity index (χ0) is 17.6. The van der Waals surface area contributed by atoms with Gasteiger partial charge in [0, 0.05) is 5.75 Å². The third-order valence-electron chi connectivity index (χ3n) is 3.49. The highest BCUT2D eigenvalue weighted by atomic mass is 32.2. The van der Waals surface area contributed by atoms with Gasteiger partial charge in [0.1, 0.15) is 5.70 Å². The summed E-state index contributed by atoms with van der Waals surface area (Å²) in [5, 5.41) is 9.32. The summed E-state index contributed by atoms with van der Waals surface area (Å²) >= 11 is 1.27. The van der Waals surface area contributed by atoms with Gasteiger partial charge in [0.15, 0.2) is 5.17 Å². The molecule has 1 N–H and O–H groups in total. The third kappa shape index (κ3) is 4.16. The summed E-state index contributed by atoms with van der Waals surface area (Å²) in [5.41, 5.74) is 1.94. The first kappa shape index (κ1) is 17.0. The first-order valence-corrected chi connectivity index (χ1v) is 8.73. The molecule has 2 aromatic rings. The van der Waals surface area contributed by atoms with Gasteiger partial charge in [-0.15, -0.1) is 0 Å². The Morgan fingerprint density at radius 1 is 1.08 bits per heavy atom. The molecule has 6 heteroatoms. The Morgan fingerprint density at radius 3 is 2.36 bits per heavy atom. The maximum absolute atomic E-state index is 12.8. The van der Waals surface area contributed by atoms with Gasteiger partial charge in [-0.1, -0.05) is 60.3 Å². The highest BCUT2D eigenvalue weighted by Gasteiger charge is 2.31. The summed E-state index contributed by atoms with van der Waals surface area (Å²) in [4.78, 5) is 29.6. The molecule has 1 amide bonds. The summed E-state index contributed by atoms with van der Waals surface area (Å²) in [7, 11) is 0. The molecular formula is C19H16N2O3S. The summed E-state index contributed by atoms with van der Waals surface area (Å²) in [6.07, 6.45) is 1.75. The van der Waals surface area contributed by atoms with Crippen LogP contribution in [0.3, 0.4) is 0 Å². The summed E-state index contributed by atoms with van der Waals surface area (Å²) < 4.78 is 0. The summed E-state index contributed by atoms with van der Waals surface area (Å²) in [6, 6.07) is 18.7. The van der Waals surface area contributed by atoms with Crippen LogP contribution >= 0.6 is 11.8 Å². The lowest BCUT2D eigenvalue weighted by molar-refractivity contribution is -0.136. The van der Waals surface area contributed by atoms with Crippen LogP contribution in [0, 0.1) is 0 Å². The average molecular weight is 352 g/mol. The number of amidine groups is 1. The van der Waals surface area contributed by atoms with Gasteiger partial charge in [0.05, 0.1) is 12.1 Å². The van der Waals surface area contributed by atoms with Crippen LogP contribution in [-0.2, 0) is 9.59 Å². The number of thioether (sulfide) groups is 1. The van der Waals surface area contributed by atoms with Crippen LogP contribution in [0.1, 0.15) is 12.0 Å². The van der Waals surface area contributed by atoms with E-state index in [0.29, 0.717) is 22.3 Å². The van der Waals surface area contributed by atoms with Crippen LogP contribution in [0.15, 0.2) is 71.4 Å². The lowest BCUT2D eigenvalue weighted by Crippen LogP contribution is -2.30. The minimum absolute atomic E-state index is 0.0121. The smallest absolute Gasteiger partial charge is 0.304 e. The predicted octanol–water partition coefficient (Wildman–Crippen LogP) is 3.64. The van der Waals surface area contributed by atoms with Gasteiger partial charge < -0.3 is 5.11 Å². The number of aliphatic imine (C=N–C) groups is 1. The van der Waals surface area contributed by atoms with Crippen LogP contribution in [0.4, 0.5) is 5.69 Å². The van der Waals surface area contributed by atoms with Crippen molar-refractivity contribution in [2.75, 3.05) is 10.7 Å². The van der Waals surface area contributed by atoms with E-state index in [9.17, 15) is 9.59 Å². The number of rotatable bonds is 5. The lowest BCUT2D eigenvalue weighted by Gasteiger charge is -2.17. The molecule has 0 atom stereocenters. The maximum atomic E-state index is 12.8. The number of nitrogens with zero attached hydrogens (tertiary/aromatic N) is 2. The van der Waals surface area contributed by atoms with Gasteiger partial charge in [0.2, 0.25) is 0 Å². The third-order valence-corrected chi connectivity index (χ3v) is 4.43. The largest absolute Gasteiger partial charge is 0.481 e. The van der Waals surface area contributed by atoms with Crippen molar-refractivity contribution in [3.63, 3.8) is 0 Å². The van der Waals surface area contributed by atoms with Crippen molar-refractivity contribution in [2.24, 2.45) is 4.99 Å². The van der Waals surface area contributed by atoms with Crippen LogP contribution in [-0.4, -0.2) is 27.9 Å². The van der Waals surface area contributed by atoms with Crippen molar-refractivity contribution in [3.05, 3.63) is 71.9 Å². The number of amides is 1. The zero-order valence-electron chi connectivity index (χ0n) is 13.3. The molecule has 0 saturated carbocycles. The molecule has 0 spiro atoms. The molecule has 3 rings (SSSR count). The first-order chi connectivity index (χ1) is 12.1. The molecule has 0 radical (unpaired) electrons. The molecule has 2 aromatic carbocycles. The van der Waals surface area contributed by atoms with Crippen molar-refractivity contribution in [3.8, 4) is 0 Å². The quantitative estimate of drug-likeness (QED) is 0.834. The lowest BCUT2D eigenvalue weighted by atomic mass is 10.2. The minimum atomic E-state index is -0.872. The molecule has 0 saturated heterocycles. The van der Waals surface area contributed by atoms with E-state index < -0.39 is 5.97 Å². The topological polar surface area (TPSA) is 70.0 Å². The van der Waals surface area contributed by atoms with Crippen LogP contribution in [0.25, 0.3) is 6.08 Å². The van der Waals surface area contributed by atoms with Crippen molar-refractivity contribution < 1.29 is 14.7 Å². The number of carboxylic acids is 1. The molecule has 1 aliphatic rings. The highest BCUT2D eigenvalue weighted by molar-refractivity contribution is 8.14. The molecule has 5 nitrogen and oxygen atoms in total. The van der Waals surface area contributed by atoms with Gasteiger partial charge in [-0.05, 0) is 23.8 Å². The van der Waals surface area contributed by atoms with Crippen LogP contribution < -0.4 is 4.90 Å². The molecule has 0 aromatic heterocycles. The standard InChI is InChI=1S/C19H16N2O3S/c22-17(23)11-12-25-19-20-16(13-14-7-3-1-4-8-14)18(24)21(19)15-9-5-2-6-10-15/h1-10,13H,11-12H2,(H,22,23)/b16-13+. The van der Waals surface area contributed by atoms with E-state index in [0.717, 1.165) is 5.56 Å². The predicted molar refractivity (Wildman–Crippen MR) is 100 cm³/mol. The summed E-state index contributed by atoms with van der Waals surface area (Å²) in [6.45, 7) is 0. The van der Waals surface area contributed by atoms with Crippen molar-refractivity contribution in [1.82, 2.24) is 0 Å². The van der Waals surface area contributed by atoms with E-state index in [1.807, 2.05) is 60.7 Å². The molecular weight excluding hydrogens is 336 g/mol. The number of aliphatic carboxylic acids is 1. The van der Waals surface area contributed by atoms with Crippen molar-refractivity contribution >= 4 is 40.6 Å². The molecule has 1 heterocycles. The van der Waals surface area contributed by atoms with E-state index in [2.05, 4.69) is 4.99 Å². The Labute approximate surface area is 149 Å². The number of carboxylic acid groups (broad SMARTS) is 1. The molecule has 0 aliphatic carbocycles. The highest BCUT2D eigenvalue weighted by Crippen LogP contribution is 2.29. The molecule has 1 aliphatic heterocycles. The van der Waals surface area contributed by atoms with Gasteiger partial charge in [-0.25, -0.2) is 4.99 Å². The van der Waals surface area contributed by atoms with E-state index in [1.54, 1.807) is 6.08 Å². The second kappa shape index (κ2) is 7.81. The fraction of sp³-hybridized carbons (Fsp3) is 0.105. The number of carbonyl (C=O) groups is 2. The van der Waals surface area contributed by atoms with E-state index >= 15 is 0 Å². The number of hydrogen-bond acceptors (Lipinski definition) is 4. The number of hydrogen-bond donors (Lipinski definition) is 1. The van der Waals surface area contributed by atoms with Gasteiger partial charge in [-0.3, -0.25) is 14.5 Å². The number of para-hydroxylation sites is 1. The van der Waals surface area contributed by atoms with Gasteiger partial charge >= 0.3 is 5.97 Å². The molecule has 0 unspecified atom stereocenters. The average Bonchev–Trinajstić information content (AvgIpc) is 2.92. The van der Waals surface area contributed by atoms with E-state index in [4.69, 9.17) is 5.11 Å². The van der Waals surface area contributed by atoms with Crippen molar-refractivity contribution in [2.45, 2.75) is 6.42 Å². The zero-order valence-corrected chi connectivity index (χ0v) is 14.1. The SMILES string of the molecule is O=C(O)CCSC1=N/C(=C/c2ccccc2)C(=O)N1c1ccccc1. The fourth-order valence-electron chi connectivity index (χ4n) is 2.33. The Bertz CT molecular complexity index is 832.